The van der Waals surface area contributed by atoms with Crippen LogP contribution in [-0.2, 0) is 19.1 Å². The average Bonchev–Trinajstić information content (AvgIpc) is 3.35. The van der Waals surface area contributed by atoms with Crippen LogP contribution >= 0.6 is 11.8 Å². The van der Waals surface area contributed by atoms with E-state index in [2.05, 4.69) is 4.90 Å². The molecule has 3 rings (SSSR count). The van der Waals surface area contributed by atoms with Crippen molar-refractivity contribution in [2.75, 3.05) is 32.0 Å². The van der Waals surface area contributed by atoms with Crippen LogP contribution in [0.15, 0.2) is 0 Å². The summed E-state index contributed by atoms with van der Waals surface area (Å²) in [4.78, 5) is 40.6. The first-order valence-electron chi connectivity index (χ1n) is 10.9. The van der Waals surface area contributed by atoms with E-state index in [0.717, 1.165) is 37.5 Å². The van der Waals surface area contributed by atoms with Gasteiger partial charge in [-0.2, -0.15) is 0 Å². The second kappa shape index (κ2) is 9.99. The van der Waals surface area contributed by atoms with Gasteiger partial charge in [0.1, 0.15) is 0 Å². The standard InChI is InChI=1S/C21H34N2O4S/c1-2-27-20(26)10-9-18(24)22-13-11-21(12-14-22)23(15-16-28-21)19(25)8-7-17-5-3-4-6-17/h17H,2-16H2,1H3. The number of hydrogen-bond donors (Lipinski definition) is 0. The Bertz CT molecular complexity index is 569. The third-order valence-corrected chi connectivity index (χ3v) is 8.02. The van der Waals surface area contributed by atoms with E-state index < -0.39 is 0 Å². The van der Waals surface area contributed by atoms with E-state index in [-0.39, 0.29) is 29.6 Å². The van der Waals surface area contributed by atoms with Gasteiger partial charge >= 0.3 is 5.97 Å². The molecular weight excluding hydrogens is 376 g/mol. The van der Waals surface area contributed by atoms with Gasteiger partial charge in [-0.3, -0.25) is 14.4 Å². The van der Waals surface area contributed by atoms with Crippen molar-refractivity contribution in [2.24, 2.45) is 5.92 Å². The van der Waals surface area contributed by atoms with Crippen molar-refractivity contribution >= 4 is 29.5 Å². The van der Waals surface area contributed by atoms with E-state index in [0.29, 0.717) is 32.0 Å². The van der Waals surface area contributed by atoms with Gasteiger partial charge in [0.25, 0.3) is 0 Å². The van der Waals surface area contributed by atoms with Gasteiger partial charge in [0.15, 0.2) is 0 Å². The molecule has 0 aromatic rings. The third-order valence-electron chi connectivity index (χ3n) is 6.47. The van der Waals surface area contributed by atoms with Gasteiger partial charge in [-0.15, -0.1) is 11.8 Å². The van der Waals surface area contributed by atoms with E-state index >= 15 is 0 Å². The first kappa shape index (κ1) is 21.5. The summed E-state index contributed by atoms with van der Waals surface area (Å²) in [5.74, 6) is 1.75. The lowest BCUT2D eigenvalue weighted by molar-refractivity contribution is -0.146. The number of carbonyl (C=O) groups excluding carboxylic acids is 3. The molecule has 2 saturated heterocycles. The van der Waals surface area contributed by atoms with Gasteiger partial charge in [-0.1, -0.05) is 25.7 Å². The summed E-state index contributed by atoms with van der Waals surface area (Å²) in [6.07, 6.45) is 8.95. The van der Waals surface area contributed by atoms with Gasteiger partial charge < -0.3 is 14.5 Å². The molecule has 2 heterocycles. The number of esters is 1. The van der Waals surface area contributed by atoms with Crippen LogP contribution in [0, 0.1) is 5.92 Å². The summed E-state index contributed by atoms with van der Waals surface area (Å²) in [5, 5.41) is 0. The lowest BCUT2D eigenvalue weighted by Crippen LogP contribution is -2.53. The fourth-order valence-electron chi connectivity index (χ4n) is 4.84. The second-order valence-corrected chi connectivity index (χ2v) is 9.67. The highest BCUT2D eigenvalue weighted by Crippen LogP contribution is 2.44. The van der Waals surface area contributed by atoms with Crippen LogP contribution in [0.5, 0.6) is 0 Å². The fourth-order valence-corrected chi connectivity index (χ4v) is 6.32. The Morgan fingerprint density at radius 1 is 1.00 bits per heavy atom. The molecular formula is C21H34N2O4S. The van der Waals surface area contributed by atoms with E-state index in [1.165, 1.54) is 25.7 Å². The summed E-state index contributed by atoms with van der Waals surface area (Å²) in [6.45, 7) is 4.29. The summed E-state index contributed by atoms with van der Waals surface area (Å²) < 4.78 is 4.90. The third kappa shape index (κ3) is 5.22. The zero-order valence-electron chi connectivity index (χ0n) is 17.1. The van der Waals surface area contributed by atoms with Gasteiger partial charge in [0.2, 0.25) is 11.8 Å². The monoisotopic (exact) mass is 410 g/mol. The number of thioether (sulfide) groups is 1. The zero-order chi connectivity index (χ0) is 20.0. The molecule has 0 radical (unpaired) electrons. The Balaban J connectivity index is 1.46. The van der Waals surface area contributed by atoms with Crippen LogP contribution in [0.1, 0.15) is 71.1 Å². The van der Waals surface area contributed by atoms with Crippen LogP contribution in [-0.4, -0.2) is 64.4 Å². The molecule has 0 aromatic carbocycles. The Morgan fingerprint density at radius 3 is 2.39 bits per heavy atom. The number of ether oxygens (including phenoxy) is 1. The number of amides is 2. The molecule has 6 nitrogen and oxygen atoms in total. The number of carbonyl (C=O) groups is 3. The van der Waals surface area contributed by atoms with Gasteiger partial charge in [0, 0.05) is 38.2 Å². The van der Waals surface area contributed by atoms with E-state index in [1.54, 1.807) is 6.92 Å². The maximum atomic E-state index is 12.9. The van der Waals surface area contributed by atoms with Crippen LogP contribution in [0.25, 0.3) is 0 Å². The molecule has 1 spiro atoms. The molecule has 7 heteroatoms. The van der Waals surface area contributed by atoms with Crippen molar-refractivity contribution in [2.45, 2.75) is 76.0 Å². The van der Waals surface area contributed by atoms with Gasteiger partial charge in [0.05, 0.1) is 17.9 Å². The van der Waals surface area contributed by atoms with Crippen molar-refractivity contribution in [3.8, 4) is 0 Å². The maximum absolute atomic E-state index is 12.9. The SMILES string of the molecule is CCOC(=O)CCC(=O)N1CCC2(CC1)SCCN2C(=O)CCC1CCCC1. The zero-order valence-corrected chi connectivity index (χ0v) is 17.9. The molecule has 2 amide bonds. The predicted molar refractivity (Wildman–Crippen MR) is 110 cm³/mol. The number of hydrogen-bond acceptors (Lipinski definition) is 5. The molecule has 0 atom stereocenters. The fraction of sp³-hybridized carbons (Fsp3) is 0.857. The Hall–Kier alpha value is -1.24. The molecule has 3 fully saturated rings. The van der Waals surface area contributed by atoms with Crippen molar-refractivity contribution in [3.05, 3.63) is 0 Å². The smallest absolute Gasteiger partial charge is 0.306 e. The molecule has 1 aliphatic carbocycles. The highest BCUT2D eigenvalue weighted by atomic mass is 32.2. The molecule has 0 unspecified atom stereocenters. The lowest BCUT2D eigenvalue weighted by atomic mass is 9.98. The Labute approximate surface area is 172 Å². The van der Waals surface area contributed by atoms with E-state index in [1.807, 2.05) is 16.7 Å². The number of piperidine rings is 1. The van der Waals surface area contributed by atoms with E-state index in [4.69, 9.17) is 4.74 Å². The molecule has 3 aliphatic rings. The minimum atomic E-state index is -0.310. The largest absolute Gasteiger partial charge is 0.466 e. The maximum Gasteiger partial charge on any atom is 0.306 e. The van der Waals surface area contributed by atoms with Gasteiger partial charge in [-0.05, 0) is 32.1 Å². The minimum Gasteiger partial charge on any atom is -0.466 e. The molecule has 1 saturated carbocycles. The first-order chi connectivity index (χ1) is 13.5. The van der Waals surface area contributed by atoms with E-state index in [9.17, 15) is 14.4 Å². The molecule has 2 aliphatic heterocycles. The normalized spacial score (nSPS) is 22.0. The average molecular weight is 411 g/mol. The summed E-state index contributed by atoms with van der Waals surface area (Å²) in [7, 11) is 0. The second-order valence-electron chi connectivity index (χ2n) is 8.21. The summed E-state index contributed by atoms with van der Waals surface area (Å²) in [5.41, 5.74) is 0. The van der Waals surface area contributed by atoms with Crippen molar-refractivity contribution in [3.63, 3.8) is 0 Å². The Morgan fingerprint density at radius 2 is 1.71 bits per heavy atom. The molecule has 158 valence electrons. The predicted octanol–water partition coefficient (Wildman–Crippen LogP) is 3.19. The number of rotatable bonds is 7. The first-order valence-corrected chi connectivity index (χ1v) is 11.9. The number of nitrogens with zero attached hydrogens (tertiary/aromatic N) is 2. The minimum absolute atomic E-state index is 0.0185. The highest BCUT2D eigenvalue weighted by molar-refractivity contribution is 8.00. The van der Waals surface area contributed by atoms with Crippen LogP contribution < -0.4 is 0 Å². The quantitative estimate of drug-likeness (QED) is 0.603. The molecule has 28 heavy (non-hydrogen) atoms. The Kier molecular flexibility index (Phi) is 7.66. The van der Waals surface area contributed by atoms with Crippen molar-refractivity contribution < 1.29 is 19.1 Å². The van der Waals surface area contributed by atoms with Crippen molar-refractivity contribution in [1.29, 1.82) is 0 Å². The lowest BCUT2D eigenvalue weighted by Gasteiger charge is -2.44. The van der Waals surface area contributed by atoms with Crippen LogP contribution in [0.4, 0.5) is 0 Å². The topological polar surface area (TPSA) is 66.9 Å². The van der Waals surface area contributed by atoms with Crippen molar-refractivity contribution in [1.82, 2.24) is 9.80 Å². The molecule has 0 N–H and O–H groups in total. The summed E-state index contributed by atoms with van der Waals surface area (Å²) in [6, 6.07) is 0. The van der Waals surface area contributed by atoms with Gasteiger partial charge in [-0.25, -0.2) is 0 Å². The molecule has 0 bridgehead atoms. The highest BCUT2D eigenvalue weighted by Gasteiger charge is 2.46. The summed E-state index contributed by atoms with van der Waals surface area (Å²) >= 11 is 1.89. The molecule has 0 aromatic heterocycles. The van der Waals surface area contributed by atoms with Crippen LogP contribution in [0.3, 0.4) is 0 Å². The van der Waals surface area contributed by atoms with Crippen LogP contribution in [0.2, 0.25) is 0 Å². The number of likely N-dealkylation sites (tertiary alicyclic amines) is 1.